The molecular formula is C27H37N5O6. The number of hydrogen-bond acceptors (Lipinski definition) is 9. The van der Waals surface area contributed by atoms with E-state index in [4.69, 9.17) is 14.2 Å². The highest BCUT2D eigenvalue weighted by Crippen LogP contribution is 2.32. The molecule has 1 amide bonds. The number of benzene rings is 2. The van der Waals surface area contributed by atoms with E-state index in [2.05, 4.69) is 21.2 Å². The minimum Gasteiger partial charge on any atom is -0.493 e. The molecule has 0 bridgehead atoms. The van der Waals surface area contributed by atoms with Crippen LogP contribution in [0.25, 0.3) is 0 Å². The molecule has 0 radical (unpaired) electrons. The van der Waals surface area contributed by atoms with Crippen LogP contribution in [0.5, 0.6) is 17.2 Å². The zero-order valence-corrected chi connectivity index (χ0v) is 22.4. The average Bonchev–Trinajstić information content (AvgIpc) is 2.96. The van der Waals surface area contributed by atoms with E-state index in [1.807, 2.05) is 17.0 Å². The van der Waals surface area contributed by atoms with Crippen LogP contribution in [0.15, 0.2) is 36.4 Å². The number of ether oxygens (including phenoxy) is 3. The molecular weight excluding hydrogens is 490 g/mol. The molecule has 11 nitrogen and oxygen atoms in total. The molecule has 206 valence electrons. The molecule has 0 saturated carbocycles. The van der Waals surface area contributed by atoms with Crippen molar-refractivity contribution in [2.45, 2.75) is 25.3 Å². The minimum atomic E-state index is -0.453. The van der Waals surface area contributed by atoms with Gasteiger partial charge in [-0.25, -0.2) is 0 Å². The number of piperazine rings is 1. The predicted octanol–water partition coefficient (Wildman–Crippen LogP) is 3.24. The number of amides is 1. The van der Waals surface area contributed by atoms with Crippen LogP contribution in [0.4, 0.5) is 17.1 Å². The van der Waals surface area contributed by atoms with Gasteiger partial charge in [0.15, 0.2) is 17.2 Å². The van der Waals surface area contributed by atoms with Gasteiger partial charge in [0.2, 0.25) is 5.91 Å². The van der Waals surface area contributed by atoms with Crippen LogP contribution in [-0.2, 0) is 4.79 Å². The lowest BCUT2D eigenvalue weighted by Gasteiger charge is -2.37. The number of methoxy groups -OCH3 is 3. The van der Waals surface area contributed by atoms with Crippen molar-refractivity contribution in [1.82, 2.24) is 9.80 Å². The number of rotatable bonds is 10. The van der Waals surface area contributed by atoms with Gasteiger partial charge in [-0.1, -0.05) is 0 Å². The zero-order valence-electron chi connectivity index (χ0n) is 22.4. The molecule has 2 saturated heterocycles. The highest BCUT2D eigenvalue weighted by molar-refractivity contribution is 5.76. The molecule has 2 aromatic carbocycles. The second-order valence-electron chi connectivity index (χ2n) is 9.56. The Kier molecular flexibility index (Phi) is 9.11. The monoisotopic (exact) mass is 527 g/mol. The minimum absolute atomic E-state index is 0.0548. The number of carbonyl (C=O) groups is 1. The maximum atomic E-state index is 12.9. The summed E-state index contributed by atoms with van der Waals surface area (Å²) in [6.45, 7) is 5.78. The van der Waals surface area contributed by atoms with Crippen LogP contribution >= 0.6 is 0 Å². The number of anilines is 2. The van der Waals surface area contributed by atoms with Crippen LogP contribution in [-0.4, -0.2) is 93.8 Å². The van der Waals surface area contributed by atoms with Crippen LogP contribution < -0.4 is 24.4 Å². The molecule has 0 spiro atoms. The van der Waals surface area contributed by atoms with Gasteiger partial charge in [-0.15, -0.1) is 0 Å². The summed E-state index contributed by atoms with van der Waals surface area (Å²) in [5.74, 6) is 1.88. The van der Waals surface area contributed by atoms with Gasteiger partial charge in [-0.2, -0.15) is 0 Å². The fourth-order valence-electron chi connectivity index (χ4n) is 5.09. The first-order valence-corrected chi connectivity index (χ1v) is 13.0. The van der Waals surface area contributed by atoms with E-state index in [0.717, 1.165) is 68.4 Å². The van der Waals surface area contributed by atoms with Gasteiger partial charge in [0.25, 0.3) is 0 Å². The summed E-state index contributed by atoms with van der Waals surface area (Å²) in [6.07, 6.45) is 2.18. The molecule has 2 aliphatic rings. The van der Waals surface area contributed by atoms with E-state index in [0.29, 0.717) is 19.5 Å². The second-order valence-corrected chi connectivity index (χ2v) is 9.56. The molecule has 0 aromatic heterocycles. The number of nitrogens with one attached hydrogen (secondary N) is 1. The van der Waals surface area contributed by atoms with Crippen LogP contribution in [0.3, 0.4) is 0 Å². The molecule has 0 atom stereocenters. The third-order valence-electron chi connectivity index (χ3n) is 7.34. The smallest absolute Gasteiger partial charge is 0.311 e. The molecule has 2 fully saturated rings. The number of carbonyl (C=O) groups excluding carboxylic acids is 1. The van der Waals surface area contributed by atoms with Crippen LogP contribution in [0, 0.1) is 10.1 Å². The van der Waals surface area contributed by atoms with E-state index in [1.165, 1.54) is 13.2 Å². The lowest BCUT2D eigenvalue weighted by atomic mass is 10.0. The molecule has 0 aliphatic carbocycles. The highest BCUT2D eigenvalue weighted by atomic mass is 16.6. The third-order valence-corrected chi connectivity index (χ3v) is 7.34. The van der Waals surface area contributed by atoms with E-state index in [-0.39, 0.29) is 23.4 Å². The number of nitrogens with zero attached hydrogens (tertiary/aromatic N) is 4. The zero-order chi connectivity index (χ0) is 27.1. The summed E-state index contributed by atoms with van der Waals surface area (Å²) < 4.78 is 15.9. The van der Waals surface area contributed by atoms with Gasteiger partial charge in [-0.05, 0) is 31.0 Å². The lowest BCUT2D eigenvalue weighted by Crippen LogP contribution is -2.48. The molecule has 2 aliphatic heterocycles. The quantitative estimate of drug-likeness (QED) is 0.368. The van der Waals surface area contributed by atoms with Crippen molar-refractivity contribution >= 4 is 23.0 Å². The molecule has 1 N–H and O–H groups in total. The summed E-state index contributed by atoms with van der Waals surface area (Å²) in [5, 5.41) is 14.5. The maximum Gasteiger partial charge on any atom is 0.311 e. The summed E-state index contributed by atoms with van der Waals surface area (Å²) in [4.78, 5) is 30.2. The molecule has 11 heteroatoms. The summed E-state index contributed by atoms with van der Waals surface area (Å²) in [5.41, 5.74) is 1.84. The highest BCUT2D eigenvalue weighted by Gasteiger charge is 2.25. The Morgan fingerprint density at radius 3 is 2.24 bits per heavy atom. The van der Waals surface area contributed by atoms with Gasteiger partial charge in [0.1, 0.15) is 0 Å². The summed E-state index contributed by atoms with van der Waals surface area (Å²) in [7, 11) is 4.71. The van der Waals surface area contributed by atoms with Gasteiger partial charge in [0, 0.05) is 87.8 Å². The number of hydrogen-bond donors (Lipinski definition) is 1. The van der Waals surface area contributed by atoms with Gasteiger partial charge in [-0.3, -0.25) is 19.8 Å². The SMILES string of the molecule is COc1ccc(N2CCN(CCC(=O)N3CCC(Nc4ccc([N+](=O)[O-])c(OC)c4)CC3)CC2)cc1OC. The average molecular weight is 528 g/mol. The molecule has 2 heterocycles. The lowest BCUT2D eigenvalue weighted by molar-refractivity contribution is -0.385. The molecule has 38 heavy (non-hydrogen) atoms. The van der Waals surface area contributed by atoms with Crippen molar-refractivity contribution < 1.29 is 23.9 Å². The first kappa shape index (κ1) is 27.3. The Labute approximate surface area is 223 Å². The Morgan fingerprint density at radius 2 is 1.61 bits per heavy atom. The first-order chi connectivity index (χ1) is 18.4. The molecule has 0 unspecified atom stereocenters. The van der Waals surface area contributed by atoms with Gasteiger partial charge in [0.05, 0.1) is 26.3 Å². The molecule has 4 rings (SSSR count). The van der Waals surface area contributed by atoms with E-state index in [1.54, 1.807) is 26.4 Å². The van der Waals surface area contributed by atoms with Gasteiger partial charge < -0.3 is 29.3 Å². The number of piperidine rings is 1. The topological polar surface area (TPSA) is 110 Å². The number of likely N-dealkylation sites (tertiary alicyclic amines) is 1. The Hall–Kier alpha value is -3.73. The van der Waals surface area contributed by atoms with Crippen molar-refractivity contribution in [2.24, 2.45) is 0 Å². The van der Waals surface area contributed by atoms with Gasteiger partial charge >= 0.3 is 5.69 Å². The summed E-state index contributed by atoms with van der Waals surface area (Å²) in [6, 6.07) is 11.0. The van der Waals surface area contributed by atoms with Crippen molar-refractivity contribution in [3.05, 3.63) is 46.5 Å². The third kappa shape index (κ3) is 6.58. The predicted molar refractivity (Wildman–Crippen MR) is 146 cm³/mol. The molecule has 2 aromatic rings. The van der Waals surface area contributed by atoms with Crippen molar-refractivity contribution in [2.75, 3.05) is 77.4 Å². The van der Waals surface area contributed by atoms with E-state index >= 15 is 0 Å². The Bertz CT molecular complexity index is 1110. The second kappa shape index (κ2) is 12.7. The first-order valence-electron chi connectivity index (χ1n) is 13.0. The van der Waals surface area contributed by atoms with Crippen LogP contribution in [0.2, 0.25) is 0 Å². The fourth-order valence-corrected chi connectivity index (χ4v) is 5.09. The van der Waals surface area contributed by atoms with E-state index < -0.39 is 4.92 Å². The fraction of sp³-hybridized carbons (Fsp3) is 0.519. The Balaban J connectivity index is 1.18. The Morgan fingerprint density at radius 1 is 0.921 bits per heavy atom. The van der Waals surface area contributed by atoms with E-state index in [9.17, 15) is 14.9 Å². The maximum absolute atomic E-state index is 12.9. The van der Waals surface area contributed by atoms with Crippen molar-refractivity contribution in [1.29, 1.82) is 0 Å². The number of nitro groups is 1. The standard InChI is InChI=1S/C27H37N5O6/c1-36-24-7-5-22(19-26(24)38-3)30-16-14-29(15-17-30)11-10-27(33)31-12-8-20(9-13-31)28-21-4-6-23(32(34)35)25(18-21)37-2/h4-7,18-20,28H,8-17H2,1-3H3. The normalized spacial score (nSPS) is 16.7. The van der Waals surface area contributed by atoms with Crippen molar-refractivity contribution in [3.63, 3.8) is 0 Å². The van der Waals surface area contributed by atoms with Crippen molar-refractivity contribution in [3.8, 4) is 17.2 Å². The summed E-state index contributed by atoms with van der Waals surface area (Å²) >= 11 is 0. The largest absolute Gasteiger partial charge is 0.493 e. The number of nitro benzene ring substituents is 1. The van der Waals surface area contributed by atoms with Crippen LogP contribution in [0.1, 0.15) is 19.3 Å².